The standard InChI is InChI=1S/C27H38O2/c1-21(11-7-8-12-22(2)15-10-18-28)13-9-14-23(3)16-17-26-24(4)19-25(29)20-27(26,5)6/h7-17,25,28-29H,18-20H2,1-6H3/b8-7+,13-9+,15-10+,17-16+,21-11+,22-12+,23-14+. The molecule has 0 fully saturated rings. The summed E-state index contributed by atoms with van der Waals surface area (Å²) in [6, 6.07) is 0. The zero-order valence-electron chi connectivity index (χ0n) is 18.9. The SMILES string of the molecule is CC1=C(/C=C/C(C)=C/C=C/C(C)=C/C=C/C=C(C)/C=C/CO)C(C)(C)CC(O)C1. The van der Waals surface area contributed by atoms with Crippen molar-refractivity contribution in [2.24, 2.45) is 5.41 Å². The molecule has 0 bridgehead atoms. The van der Waals surface area contributed by atoms with Crippen molar-refractivity contribution in [3.05, 3.63) is 94.7 Å². The zero-order chi connectivity index (χ0) is 21.9. The number of rotatable bonds is 8. The topological polar surface area (TPSA) is 40.5 Å². The van der Waals surface area contributed by atoms with Gasteiger partial charge in [-0.25, -0.2) is 0 Å². The molecule has 1 aliphatic rings. The van der Waals surface area contributed by atoms with Gasteiger partial charge in [0.15, 0.2) is 0 Å². The van der Waals surface area contributed by atoms with Gasteiger partial charge >= 0.3 is 0 Å². The fourth-order valence-electron chi connectivity index (χ4n) is 3.57. The molecule has 2 nitrogen and oxygen atoms in total. The first-order valence-electron chi connectivity index (χ1n) is 10.4. The number of hydrogen-bond acceptors (Lipinski definition) is 2. The van der Waals surface area contributed by atoms with Crippen molar-refractivity contribution in [1.82, 2.24) is 0 Å². The van der Waals surface area contributed by atoms with E-state index < -0.39 is 0 Å². The molecular formula is C27H38O2. The molecule has 29 heavy (non-hydrogen) atoms. The summed E-state index contributed by atoms with van der Waals surface area (Å²) in [7, 11) is 0. The second-order valence-electron chi connectivity index (χ2n) is 8.53. The van der Waals surface area contributed by atoms with E-state index in [1.807, 2.05) is 31.2 Å². The monoisotopic (exact) mass is 394 g/mol. The Labute approximate surface area is 177 Å². The van der Waals surface area contributed by atoms with Crippen LogP contribution in [0.5, 0.6) is 0 Å². The van der Waals surface area contributed by atoms with Crippen molar-refractivity contribution in [2.75, 3.05) is 6.61 Å². The van der Waals surface area contributed by atoms with Crippen LogP contribution in [-0.2, 0) is 0 Å². The van der Waals surface area contributed by atoms with Gasteiger partial charge in [-0.2, -0.15) is 0 Å². The lowest BCUT2D eigenvalue weighted by Gasteiger charge is -2.35. The molecule has 0 aromatic carbocycles. The van der Waals surface area contributed by atoms with E-state index in [1.165, 1.54) is 22.3 Å². The average Bonchev–Trinajstić information content (AvgIpc) is 2.62. The maximum absolute atomic E-state index is 10.0. The lowest BCUT2D eigenvalue weighted by molar-refractivity contribution is 0.116. The molecule has 2 heteroatoms. The average molecular weight is 395 g/mol. The third-order valence-electron chi connectivity index (χ3n) is 5.02. The van der Waals surface area contributed by atoms with Gasteiger partial charge in [0, 0.05) is 0 Å². The van der Waals surface area contributed by atoms with Crippen LogP contribution in [0.3, 0.4) is 0 Å². The molecule has 0 saturated heterocycles. The largest absolute Gasteiger partial charge is 0.393 e. The van der Waals surface area contributed by atoms with E-state index in [-0.39, 0.29) is 18.1 Å². The van der Waals surface area contributed by atoms with Gasteiger partial charge < -0.3 is 10.2 Å². The molecule has 0 heterocycles. The zero-order valence-corrected chi connectivity index (χ0v) is 18.9. The van der Waals surface area contributed by atoms with E-state index in [1.54, 1.807) is 6.08 Å². The fourth-order valence-corrected chi connectivity index (χ4v) is 3.57. The maximum Gasteiger partial charge on any atom is 0.0615 e. The van der Waals surface area contributed by atoms with Gasteiger partial charge in [0.25, 0.3) is 0 Å². The summed E-state index contributed by atoms with van der Waals surface area (Å²) in [5, 5.41) is 18.8. The van der Waals surface area contributed by atoms with E-state index in [2.05, 4.69) is 71.1 Å². The Kier molecular flexibility index (Phi) is 10.6. The Bertz CT molecular complexity index is 777. The van der Waals surface area contributed by atoms with Gasteiger partial charge in [0.05, 0.1) is 12.7 Å². The fraction of sp³-hybridized carbons (Fsp3) is 0.407. The summed E-state index contributed by atoms with van der Waals surface area (Å²) in [6.07, 6.45) is 23.7. The van der Waals surface area contributed by atoms with Crippen LogP contribution in [-0.4, -0.2) is 22.9 Å². The highest BCUT2D eigenvalue weighted by atomic mass is 16.3. The molecule has 158 valence electrons. The van der Waals surface area contributed by atoms with Gasteiger partial charge in [-0.15, -0.1) is 0 Å². The Morgan fingerprint density at radius 1 is 0.931 bits per heavy atom. The second kappa shape index (κ2) is 12.4. The Morgan fingerprint density at radius 3 is 2.07 bits per heavy atom. The first kappa shape index (κ1) is 24.9. The number of aliphatic hydroxyl groups is 2. The molecule has 0 saturated carbocycles. The lowest BCUT2D eigenvalue weighted by Crippen LogP contribution is -2.28. The van der Waals surface area contributed by atoms with Crippen molar-refractivity contribution in [2.45, 2.75) is 60.5 Å². The lowest BCUT2D eigenvalue weighted by atomic mass is 9.71. The molecule has 0 aliphatic heterocycles. The van der Waals surface area contributed by atoms with Crippen molar-refractivity contribution in [3.63, 3.8) is 0 Å². The summed E-state index contributed by atoms with van der Waals surface area (Å²) in [6.45, 7) is 12.8. The molecule has 1 rings (SSSR count). The summed E-state index contributed by atoms with van der Waals surface area (Å²) >= 11 is 0. The quantitative estimate of drug-likeness (QED) is 0.459. The summed E-state index contributed by atoms with van der Waals surface area (Å²) in [5.74, 6) is 0. The number of aliphatic hydroxyl groups excluding tert-OH is 2. The molecule has 2 N–H and O–H groups in total. The van der Waals surface area contributed by atoms with Crippen LogP contribution in [0.15, 0.2) is 94.7 Å². The Balaban J connectivity index is 2.70. The highest BCUT2D eigenvalue weighted by Crippen LogP contribution is 2.41. The van der Waals surface area contributed by atoms with Crippen LogP contribution in [0.1, 0.15) is 54.4 Å². The molecule has 0 aromatic rings. The maximum atomic E-state index is 10.0. The molecule has 0 amide bonds. The van der Waals surface area contributed by atoms with Crippen molar-refractivity contribution in [1.29, 1.82) is 0 Å². The van der Waals surface area contributed by atoms with Gasteiger partial charge in [0.2, 0.25) is 0 Å². The first-order valence-corrected chi connectivity index (χ1v) is 10.4. The third-order valence-corrected chi connectivity index (χ3v) is 5.02. The van der Waals surface area contributed by atoms with E-state index in [0.29, 0.717) is 0 Å². The van der Waals surface area contributed by atoms with Crippen LogP contribution >= 0.6 is 0 Å². The highest BCUT2D eigenvalue weighted by molar-refractivity contribution is 5.38. The number of hydrogen-bond donors (Lipinski definition) is 2. The third kappa shape index (κ3) is 9.74. The predicted molar refractivity (Wildman–Crippen MR) is 127 cm³/mol. The van der Waals surface area contributed by atoms with Crippen molar-refractivity contribution < 1.29 is 10.2 Å². The number of allylic oxidation sites excluding steroid dienone is 14. The molecule has 0 aromatic heterocycles. The van der Waals surface area contributed by atoms with Crippen molar-refractivity contribution in [3.8, 4) is 0 Å². The normalized spacial score (nSPS) is 22.2. The minimum atomic E-state index is -0.220. The Hall–Kier alpha value is -2.16. The van der Waals surface area contributed by atoms with Gasteiger partial charge in [-0.05, 0) is 51.5 Å². The van der Waals surface area contributed by atoms with E-state index >= 15 is 0 Å². The van der Waals surface area contributed by atoms with Crippen LogP contribution in [0.25, 0.3) is 0 Å². The summed E-state index contributed by atoms with van der Waals surface area (Å²) < 4.78 is 0. The predicted octanol–water partition coefficient (Wildman–Crippen LogP) is 6.54. The van der Waals surface area contributed by atoms with Crippen LogP contribution in [0.4, 0.5) is 0 Å². The van der Waals surface area contributed by atoms with Crippen molar-refractivity contribution >= 4 is 0 Å². The van der Waals surface area contributed by atoms with Crippen LogP contribution in [0.2, 0.25) is 0 Å². The smallest absolute Gasteiger partial charge is 0.0615 e. The second-order valence-corrected chi connectivity index (χ2v) is 8.53. The van der Waals surface area contributed by atoms with Crippen LogP contribution < -0.4 is 0 Å². The highest BCUT2D eigenvalue weighted by Gasteiger charge is 2.31. The molecule has 1 unspecified atom stereocenters. The summed E-state index contributed by atoms with van der Waals surface area (Å²) in [5.41, 5.74) is 6.12. The van der Waals surface area contributed by atoms with Crippen LogP contribution in [0, 0.1) is 5.41 Å². The van der Waals surface area contributed by atoms with Gasteiger partial charge in [-0.3, -0.25) is 0 Å². The Morgan fingerprint density at radius 2 is 1.48 bits per heavy atom. The molecule has 1 aliphatic carbocycles. The van der Waals surface area contributed by atoms with E-state index in [0.717, 1.165) is 18.4 Å². The van der Waals surface area contributed by atoms with Gasteiger partial charge in [-0.1, -0.05) is 103 Å². The first-order chi connectivity index (χ1) is 13.7. The molecular weight excluding hydrogens is 356 g/mol. The minimum Gasteiger partial charge on any atom is -0.393 e. The van der Waals surface area contributed by atoms with E-state index in [4.69, 9.17) is 5.11 Å². The van der Waals surface area contributed by atoms with Gasteiger partial charge in [0.1, 0.15) is 0 Å². The molecule has 0 radical (unpaired) electrons. The summed E-state index contributed by atoms with van der Waals surface area (Å²) in [4.78, 5) is 0. The minimum absolute atomic E-state index is 0.0146. The van der Waals surface area contributed by atoms with E-state index in [9.17, 15) is 5.11 Å². The molecule has 1 atom stereocenters. The molecule has 0 spiro atoms.